The number of ether oxygens (including phenoxy) is 4. The maximum absolute atomic E-state index is 10.8. The van der Waals surface area contributed by atoms with Crippen molar-refractivity contribution in [3.63, 3.8) is 0 Å². The molecule has 5 rings (SSSR count). The van der Waals surface area contributed by atoms with Crippen LogP contribution in [-0.2, 0) is 9.47 Å². The second kappa shape index (κ2) is 9.16. The van der Waals surface area contributed by atoms with Crippen LogP contribution in [0, 0.1) is 0 Å². The molecule has 10 nitrogen and oxygen atoms in total. The number of nitrogens with zero attached hydrogens (tertiary/aromatic N) is 5. The van der Waals surface area contributed by atoms with Gasteiger partial charge in [-0.25, -0.2) is 15.0 Å². The second-order valence-electron chi connectivity index (χ2n) is 7.81. The van der Waals surface area contributed by atoms with Crippen molar-refractivity contribution in [2.24, 2.45) is 0 Å². The van der Waals surface area contributed by atoms with E-state index in [1.165, 1.54) is 7.11 Å². The first-order valence-corrected chi connectivity index (χ1v) is 10.8. The lowest BCUT2D eigenvalue weighted by atomic mass is 10.1. The van der Waals surface area contributed by atoms with Gasteiger partial charge in [0.05, 0.1) is 62.5 Å². The first-order chi connectivity index (χ1) is 16.6. The van der Waals surface area contributed by atoms with Crippen LogP contribution in [0.3, 0.4) is 0 Å². The predicted octanol–water partition coefficient (Wildman–Crippen LogP) is 3.01. The molecule has 0 saturated carbocycles. The van der Waals surface area contributed by atoms with Crippen molar-refractivity contribution in [1.29, 1.82) is 0 Å². The summed E-state index contributed by atoms with van der Waals surface area (Å²) in [5.74, 6) is 1.79. The SMILES string of the molecule is COc1cc(-c2ccc3c(O)n(-c4ccc(N(C)CC5OCCO5)nc4)cc3n2)cnc1OC. The zero-order chi connectivity index (χ0) is 23.7. The molecule has 4 aromatic rings. The molecule has 34 heavy (non-hydrogen) atoms. The van der Waals surface area contributed by atoms with Crippen molar-refractivity contribution < 1.29 is 24.1 Å². The first-order valence-electron chi connectivity index (χ1n) is 10.8. The minimum Gasteiger partial charge on any atom is -0.494 e. The number of fused-ring (bicyclic) bond motifs is 1. The maximum Gasteiger partial charge on any atom is 0.256 e. The average Bonchev–Trinajstić information content (AvgIpc) is 3.51. The number of rotatable bonds is 7. The Morgan fingerprint density at radius 3 is 2.62 bits per heavy atom. The number of hydrogen-bond donors (Lipinski definition) is 1. The molecule has 1 saturated heterocycles. The van der Waals surface area contributed by atoms with E-state index in [4.69, 9.17) is 23.9 Å². The van der Waals surface area contributed by atoms with Gasteiger partial charge in [-0.2, -0.15) is 0 Å². The molecule has 4 aromatic heterocycles. The summed E-state index contributed by atoms with van der Waals surface area (Å²) in [6.45, 7) is 1.82. The second-order valence-corrected chi connectivity index (χ2v) is 7.81. The van der Waals surface area contributed by atoms with Crippen LogP contribution in [0.5, 0.6) is 17.5 Å². The average molecular weight is 463 g/mol. The Morgan fingerprint density at radius 2 is 1.91 bits per heavy atom. The highest BCUT2D eigenvalue weighted by Gasteiger charge is 2.19. The third kappa shape index (κ3) is 4.09. The van der Waals surface area contributed by atoms with E-state index in [1.807, 2.05) is 42.3 Å². The van der Waals surface area contributed by atoms with Crippen LogP contribution < -0.4 is 14.4 Å². The standard InChI is InChI=1S/C24H25N5O5/c1-28(14-22-33-8-9-34-22)21-7-4-16(12-25-21)29-13-19-17(24(29)30)5-6-18(27-19)15-10-20(31-2)23(32-3)26-11-15/h4-7,10-13,22,30H,8-9,14H2,1-3H3. The Balaban J connectivity index is 1.42. The van der Waals surface area contributed by atoms with E-state index in [0.717, 1.165) is 17.1 Å². The summed E-state index contributed by atoms with van der Waals surface area (Å²) in [7, 11) is 5.03. The number of anilines is 1. The molecule has 0 spiro atoms. The summed E-state index contributed by atoms with van der Waals surface area (Å²) in [5, 5.41) is 11.5. The van der Waals surface area contributed by atoms with Gasteiger partial charge in [-0.1, -0.05) is 0 Å². The Labute approximate surface area is 196 Å². The van der Waals surface area contributed by atoms with E-state index < -0.39 is 0 Å². The van der Waals surface area contributed by atoms with Gasteiger partial charge >= 0.3 is 0 Å². The van der Waals surface area contributed by atoms with Crippen LogP contribution in [0.4, 0.5) is 5.82 Å². The molecule has 0 radical (unpaired) electrons. The normalized spacial score (nSPS) is 14.0. The highest BCUT2D eigenvalue weighted by molar-refractivity contribution is 5.87. The van der Waals surface area contributed by atoms with Crippen LogP contribution in [0.25, 0.3) is 27.8 Å². The van der Waals surface area contributed by atoms with Crippen LogP contribution in [-0.4, -0.2) is 71.9 Å². The number of pyridine rings is 3. The van der Waals surface area contributed by atoms with Gasteiger partial charge in [0.1, 0.15) is 5.82 Å². The van der Waals surface area contributed by atoms with E-state index in [0.29, 0.717) is 48.0 Å². The smallest absolute Gasteiger partial charge is 0.256 e. The fourth-order valence-corrected chi connectivity index (χ4v) is 3.88. The van der Waals surface area contributed by atoms with Gasteiger partial charge < -0.3 is 29.0 Å². The third-order valence-electron chi connectivity index (χ3n) is 5.69. The summed E-state index contributed by atoms with van der Waals surface area (Å²) in [6.07, 6.45) is 4.92. The Bertz CT molecular complexity index is 1300. The molecule has 176 valence electrons. The topological polar surface area (TPSA) is 104 Å². The molecule has 1 fully saturated rings. The van der Waals surface area contributed by atoms with E-state index >= 15 is 0 Å². The van der Waals surface area contributed by atoms with Gasteiger partial charge in [-0.15, -0.1) is 0 Å². The summed E-state index contributed by atoms with van der Waals surface area (Å²) < 4.78 is 23.2. The summed E-state index contributed by atoms with van der Waals surface area (Å²) >= 11 is 0. The molecule has 1 aliphatic heterocycles. The highest BCUT2D eigenvalue weighted by Crippen LogP contribution is 2.33. The van der Waals surface area contributed by atoms with Crippen LogP contribution in [0.1, 0.15) is 0 Å². The lowest BCUT2D eigenvalue weighted by Crippen LogP contribution is -2.30. The molecular formula is C24H25N5O5. The van der Waals surface area contributed by atoms with Crippen LogP contribution in [0.15, 0.2) is 48.9 Å². The first kappa shape index (κ1) is 21.9. The summed E-state index contributed by atoms with van der Waals surface area (Å²) in [5.41, 5.74) is 2.83. The van der Waals surface area contributed by atoms with Gasteiger partial charge in [0.2, 0.25) is 5.88 Å². The molecule has 0 bridgehead atoms. The molecular weight excluding hydrogens is 438 g/mol. The minimum atomic E-state index is -0.244. The minimum absolute atomic E-state index is 0.0927. The summed E-state index contributed by atoms with van der Waals surface area (Å²) in [6, 6.07) is 9.27. The van der Waals surface area contributed by atoms with Crippen molar-refractivity contribution in [3.8, 4) is 34.5 Å². The lowest BCUT2D eigenvalue weighted by Gasteiger charge is -2.21. The van der Waals surface area contributed by atoms with Crippen molar-refractivity contribution in [2.75, 3.05) is 45.9 Å². The Morgan fingerprint density at radius 1 is 1.09 bits per heavy atom. The fraction of sp³-hybridized carbons (Fsp3) is 0.292. The number of aromatic nitrogens is 4. The van der Waals surface area contributed by atoms with E-state index in [1.54, 1.807) is 30.3 Å². The molecule has 0 aliphatic carbocycles. The van der Waals surface area contributed by atoms with Gasteiger partial charge in [0.15, 0.2) is 12.0 Å². The third-order valence-corrected chi connectivity index (χ3v) is 5.69. The zero-order valence-electron chi connectivity index (χ0n) is 19.1. The van der Waals surface area contributed by atoms with Gasteiger partial charge in [-0.3, -0.25) is 4.57 Å². The fourth-order valence-electron chi connectivity index (χ4n) is 3.88. The van der Waals surface area contributed by atoms with Crippen molar-refractivity contribution in [1.82, 2.24) is 19.5 Å². The molecule has 0 aromatic carbocycles. The zero-order valence-corrected chi connectivity index (χ0v) is 19.1. The Hall–Kier alpha value is -3.89. The lowest BCUT2D eigenvalue weighted by molar-refractivity contribution is -0.0337. The Kier molecular flexibility index (Phi) is 5.91. The van der Waals surface area contributed by atoms with E-state index in [-0.39, 0.29) is 12.2 Å². The van der Waals surface area contributed by atoms with Gasteiger partial charge in [0.25, 0.3) is 5.88 Å². The molecule has 1 N–H and O–H groups in total. The molecule has 1 aliphatic rings. The van der Waals surface area contributed by atoms with Crippen LogP contribution >= 0.6 is 0 Å². The van der Waals surface area contributed by atoms with Crippen molar-refractivity contribution >= 4 is 16.7 Å². The van der Waals surface area contributed by atoms with E-state index in [9.17, 15) is 5.11 Å². The van der Waals surface area contributed by atoms with Gasteiger partial charge in [-0.05, 0) is 30.3 Å². The molecule has 10 heteroatoms. The number of aromatic hydroxyl groups is 1. The molecule has 5 heterocycles. The largest absolute Gasteiger partial charge is 0.494 e. The number of methoxy groups -OCH3 is 2. The number of hydrogen-bond acceptors (Lipinski definition) is 9. The molecule has 0 amide bonds. The quantitative estimate of drug-likeness (QED) is 0.443. The summed E-state index contributed by atoms with van der Waals surface area (Å²) in [4.78, 5) is 15.5. The van der Waals surface area contributed by atoms with E-state index in [2.05, 4.69) is 9.97 Å². The highest BCUT2D eigenvalue weighted by atomic mass is 16.7. The van der Waals surface area contributed by atoms with Crippen molar-refractivity contribution in [2.45, 2.75) is 6.29 Å². The molecule has 0 unspecified atom stereocenters. The predicted molar refractivity (Wildman–Crippen MR) is 126 cm³/mol. The van der Waals surface area contributed by atoms with Gasteiger partial charge in [0, 0.05) is 25.0 Å². The monoisotopic (exact) mass is 463 g/mol. The maximum atomic E-state index is 10.8. The van der Waals surface area contributed by atoms with Crippen molar-refractivity contribution in [3.05, 3.63) is 48.9 Å². The number of likely N-dealkylation sites (N-methyl/N-ethyl adjacent to an activating group) is 1. The molecule has 0 atom stereocenters. The van der Waals surface area contributed by atoms with Crippen LogP contribution in [0.2, 0.25) is 0 Å².